The van der Waals surface area contributed by atoms with Crippen LogP contribution in [-0.4, -0.2) is 34.3 Å². The van der Waals surface area contributed by atoms with Gasteiger partial charge in [-0.2, -0.15) is 0 Å². The molecule has 0 amide bonds. The lowest BCUT2D eigenvalue weighted by Gasteiger charge is -2.17. The zero-order valence-electron chi connectivity index (χ0n) is 9.17. The summed E-state index contributed by atoms with van der Waals surface area (Å²) in [6.45, 7) is 1.35. The van der Waals surface area contributed by atoms with E-state index in [1.807, 2.05) is 29.2 Å². The van der Waals surface area contributed by atoms with Crippen molar-refractivity contribution in [2.24, 2.45) is 0 Å². The number of rotatable bonds is 1. The summed E-state index contributed by atoms with van der Waals surface area (Å²) in [5.74, 6) is 0.668. The molecule has 1 aliphatic rings. The van der Waals surface area contributed by atoms with Crippen LogP contribution in [-0.2, 0) is 0 Å². The van der Waals surface area contributed by atoms with E-state index in [1.54, 1.807) is 0 Å². The molecule has 2 aromatic rings. The molecule has 0 bridgehead atoms. The van der Waals surface area contributed by atoms with Crippen LogP contribution in [0.2, 0.25) is 5.15 Å². The van der Waals surface area contributed by atoms with Gasteiger partial charge in [0.1, 0.15) is 0 Å². The minimum Gasteiger partial charge on any atom is -0.391 e. The number of para-hydroxylation sites is 2. The SMILES string of the molecule is OC1CCN(c2nc3ccccc3nc2Cl)C1. The van der Waals surface area contributed by atoms with Crippen LogP contribution in [0.5, 0.6) is 0 Å². The number of nitrogens with zero attached hydrogens (tertiary/aromatic N) is 3. The highest BCUT2D eigenvalue weighted by Crippen LogP contribution is 2.27. The molecule has 5 heteroatoms. The van der Waals surface area contributed by atoms with Gasteiger partial charge in [-0.3, -0.25) is 0 Å². The van der Waals surface area contributed by atoms with Crippen LogP contribution >= 0.6 is 11.6 Å². The summed E-state index contributed by atoms with van der Waals surface area (Å²) in [6, 6.07) is 7.63. The molecular formula is C12H12ClN3O. The Hall–Kier alpha value is -1.39. The maximum atomic E-state index is 9.53. The Morgan fingerprint density at radius 1 is 1.24 bits per heavy atom. The summed E-state index contributed by atoms with van der Waals surface area (Å²) in [6.07, 6.45) is 0.463. The molecule has 2 heterocycles. The molecule has 0 spiro atoms. The summed E-state index contributed by atoms with van der Waals surface area (Å²) >= 11 is 6.13. The highest BCUT2D eigenvalue weighted by molar-refractivity contribution is 6.32. The van der Waals surface area contributed by atoms with Gasteiger partial charge in [-0.15, -0.1) is 0 Å². The summed E-state index contributed by atoms with van der Waals surface area (Å²) in [5, 5.41) is 9.93. The molecule has 17 heavy (non-hydrogen) atoms. The van der Waals surface area contributed by atoms with Gasteiger partial charge in [0, 0.05) is 13.1 Å². The van der Waals surface area contributed by atoms with Gasteiger partial charge in [0.25, 0.3) is 0 Å². The monoisotopic (exact) mass is 249 g/mol. The summed E-state index contributed by atoms with van der Waals surface area (Å²) in [7, 11) is 0. The number of aliphatic hydroxyl groups excluding tert-OH is 1. The molecule has 3 rings (SSSR count). The molecule has 1 aromatic heterocycles. The van der Waals surface area contributed by atoms with Crippen LogP contribution in [0.15, 0.2) is 24.3 Å². The van der Waals surface area contributed by atoms with E-state index in [0.29, 0.717) is 17.5 Å². The third kappa shape index (κ3) is 1.94. The quantitative estimate of drug-likeness (QED) is 0.838. The van der Waals surface area contributed by atoms with E-state index in [-0.39, 0.29) is 6.10 Å². The fourth-order valence-corrected chi connectivity index (χ4v) is 2.36. The standard InChI is InChI=1S/C12H12ClN3O/c13-11-12(16-6-5-8(17)7-16)15-10-4-2-1-3-9(10)14-11/h1-4,8,17H,5-7H2. The molecule has 1 fully saturated rings. The van der Waals surface area contributed by atoms with Crippen LogP contribution in [0, 0.1) is 0 Å². The van der Waals surface area contributed by atoms with Crippen LogP contribution in [0.25, 0.3) is 11.0 Å². The fraction of sp³-hybridized carbons (Fsp3) is 0.333. The minimum atomic E-state index is -0.292. The molecule has 1 atom stereocenters. The third-order valence-corrected chi connectivity index (χ3v) is 3.23. The van der Waals surface area contributed by atoms with Gasteiger partial charge in [0.05, 0.1) is 17.1 Å². The Labute approximate surface area is 104 Å². The van der Waals surface area contributed by atoms with E-state index in [2.05, 4.69) is 9.97 Å². The number of aromatic nitrogens is 2. The first-order chi connectivity index (χ1) is 8.24. The summed E-state index contributed by atoms with van der Waals surface area (Å²) in [5.41, 5.74) is 1.62. The lowest BCUT2D eigenvalue weighted by molar-refractivity contribution is 0.198. The fourth-order valence-electron chi connectivity index (χ4n) is 2.10. The molecule has 1 aliphatic heterocycles. The van der Waals surface area contributed by atoms with E-state index in [0.717, 1.165) is 24.0 Å². The van der Waals surface area contributed by atoms with Crippen LogP contribution < -0.4 is 4.90 Å². The van der Waals surface area contributed by atoms with E-state index in [9.17, 15) is 5.11 Å². The first-order valence-corrected chi connectivity index (χ1v) is 5.97. The molecule has 1 saturated heterocycles. The Kier molecular flexibility index (Phi) is 2.61. The van der Waals surface area contributed by atoms with E-state index in [4.69, 9.17) is 11.6 Å². The van der Waals surface area contributed by atoms with Crippen molar-refractivity contribution in [3.63, 3.8) is 0 Å². The van der Waals surface area contributed by atoms with Crippen molar-refractivity contribution in [2.45, 2.75) is 12.5 Å². The van der Waals surface area contributed by atoms with Crippen molar-refractivity contribution in [3.8, 4) is 0 Å². The number of β-amino-alcohol motifs (C(OH)–C–C–N with tert-alkyl or cyclic N) is 1. The van der Waals surface area contributed by atoms with Gasteiger partial charge < -0.3 is 10.0 Å². The minimum absolute atomic E-state index is 0.292. The van der Waals surface area contributed by atoms with E-state index < -0.39 is 0 Å². The second-order valence-corrected chi connectivity index (χ2v) is 4.57. The number of anilines is 1. The van der Waals surface area contributed by atoms with Crippen molar-refractivity contribution < 1.29 is 5.11 Å². The Morgan fingerprint density at radius 3 is 2.59 bits per heavy atom. The number of fused-ring (bicyclic) bond motifs is 1. The molecule has 0 aliphatic carbocycles. The molecule has 1 unspecified atom stereocenters. The highest BCUT2D eigenvalue weighted by atomic mass is 35.5. The van der Waals surface area contributed by atoms with Gasteiger partial charge in [-0.25, -0.2) is 9.97 Å². The summed E-state index contributed by atoms with van der Waals surface area (Å²) < 4.78 is 0. The Balaban J connectivity index is 2.07. The maximum absolute atomic E-state index is 9.53. The second kappa shape index (κ2) is 4.13. The first-order valence-electron chi connectivity index (χ1n) is 5.59. The maximum Gasteiger partial charge on any atom is 0.172 e. The van der Waals surface area contributed by atoms with Crippen LogP contribution in [0.1, 0.15) is 6.42 Å². The number of aliphatic hydroxyl groups is 1. The summed E-state index contributed by atoms with van der Waals surface area (Å²) in [4.78, 5) is 10.8. The number of hydrogen-bond acceptors (Lipinski definition) is 4. The topological polar surface area (TPSA) is 49.2 Å². The smallest absolute Gasteiger partial charge is 0.172 e. The number of hydrogen-bond donors (Lipinski definition) is 1. The Morgan fingerprint density at radius 2 is 1.94 bits per heavy atom. The number of halogens is 1. The highest BCUT2D eigenvalue weighted by Gasteiger charge is 2.24. The molecule has 88 valence electrons. The second-order valence-electron chi connectivity index (χ2n) is 4.22. The zero-order chi connectivity index (χ0) is 11.8. The Bertz CT molecular complexity index is 560. The van der Waals surface area contributed by atoms with Gasteiger partial charge in [0.15, 0.2) is 11.0 Å². The molecule has 4 nitrogen and oxygen atoms in total. The van der Waals surface area contributed by atoms with Crippen molar-refractivity contribution in [3.05, 3.63) is 29.4 Å². The van der Waals surface area contributed by atoms with Crippen molar-refractivity contribution in [2.75, 3.05) is 18.0 Å². The van der Waals surface area contributed by atoms with E-state index >= 15 is 0 Å². The van der Waals surface area contributed by atoms with Crippen molar-refractivity contribution in [1.29, 1.82) is 0 Å². The van der Waals surface area contributed by atoms with E-state index in [1.165, 1.54) is 0 Å². The lowest BCUT2D eigenvalue weighted by atomic mass is 10.3. The molecular weight excluding hydrogens is 238 g/mol. The average Bonchev–Trinajstić information content (AvgIpc) is 2.75. The zero-order valence-corrected chi connectivity index (χ0v) is 9.93. The van der Waals surface area contributed by atoms with Gasteiger partial charge in [-0.05, 0) is 18.6 Å². The van der Waals surface area contributed by atoms with Crippen LogP contribution in [0.3, 0.4) is 0 Å². The predicted octanol–water partition coefficient (Wildman–Crippen LogP) is 1.85. The van der Waals surface area contributed by atoms with Gasteiger partial charge >= 0.3 is 0 Å². The normalized spacial score (nSPS) is 20.1. The van der Waals surface area contributed by atoms with Crippen molar-refractivity contribution >= 4 is 28.5 Å². The average molecular weight is 250 g/mol. The molecule has 1 N–H and O–H groups in total. The number of benzene rings is 1. The van der Waals surface area contributed by atoms with Crippen LogP contribution in [0.4, 0.5) is 5.82 Å². The lowest BCUT2D eigenvalue weighted by Crippen LogP contribution is -2.22. The van der Waals surface area contributed by atoms with Crippen molar-refractivity contribution in [1.82, 2.24) is 9.97 Å². The molecule has 0 radical (unpaired) electrons. The van der Waals surface area contributed by atoms with Gasteiger partial charge in [-0.1, -0.05) is 23.7 Å². The molecule has 1 aromatic carbocycles. The molecule has 0 saturated carbocycles. The predicted molar refractivity (Wildman–Crippen MR) is 67.4 cm³/mol. The van der Waals surface area contributed by atoms with Gasteiger partial charge in [0.2, 0.25) is 0 Å². The third-order valence-electron chi connectivity index (χ3n) is 2.97. The largest absolute Gasteiger partial charge is 0.391 e. The first kappa shape index (κ1) is 10.7.